The van der Waals surface area contributed by atoms with Crippen molar-refractivity contribution in [2.45, 2.75) is 39.3 Å². The maximum absolute atomic E-state index is 6.10. The van der Waals surface area contributed by atoms with E-state index >= 15 is 0 Å². The molecule has 0 amide bonds. The first-order chi connectivity index (χ1) is 15.8. The van der Waals surface area contributed by atoms with Crippen molar-refractivity contribution in [1.29, 1.82) is 0 Å². The fraction of sp³-hybridized carbons (Fsp3) is 0.250. The smallest absolute Gasteiger partial charge is 0.147 e. The second-order valence-corrected chi connectivity index (χ2v) is 7.88. The number of nitrogens with zero attached hydrogens (tertiary/aromatic N) is 2. The molecule has 1 heterocycles. The highest BCUT2D eigenvalue weighted by Gasteiger charge is 2.11. The molecule has 4 aromatic rings. The Bertz CT molecular complexity index is 1180. The van der Waals surface area contributed by atoms with Crippen LogP contribution in [-0.2, 0) is 19.6 Å². The van der Waals surface area contributed by atoms with Crippen LogP contribution in [0.1, 0.15) is 29.8 Å². The summed E-state index contributed by atoms with van der Waals surface area (Å²) in [5, 5.41) is 0. The Labute approximate surface area is 190 Å². The predicted molar refractivity (Wildman–Crippen MR) is 130 cm³/mol. The van der Waals surface area contributed by atoms with Gasteiger partial charge in [-0.3, -0.25) is 0 Å². The zero-order valence-corrected chi connectivity index (χ0v) is 18.7. The Balaban J connectivity index is 1.38. The van der Waals surface area contributed by atoms with E-state index in [9.17, 15) is 0 Å². The molecule has 4 heteroatoms. The molecular formula is C28H30N2O2. The summed E-state index contributed by atoms with van der Waals surface area (Å²) in [7, 11) is 0. The van der Waals surface area contributed by atoms with E-state index in [1.165, 1.54) is 5.56 Å². The van der Waals surface area contributed by atoms with Crippen LogP contribution in [0, 0.1) is 6.92 Å². The number of imidazole rings is 1. The molecule has 164 valence electrons. The van der Waals surface area contributed by atoms with Gasteiger partial charge in [-0.2, -0.15) is 0 Å². The number of rotatable bonds is 11. The highest BCUT2D eigenvalue weighted by molar-refractivity contribution is 5.75. The van der Waals surface area contributed by atoms with E-state index in [-0.39, 0.29) is 0 Å². The lowest BCUT2D eigenvalue weighted by Gasteiger charge is -2.13. The number of ether oxygens (including phenoxy) is 2. The minimum Gasteiger partial charge on any atom is -0.493 e. The molecule has 0 atom stereocenters. The van der Waals surface area contributed by atoms with Crippen LogP contribution in [0.15, 0.2) is 85.5 Å². The topological polar surface area (TPSA) is 36.3 Å². The van der Waals surface area contributed by atoms with Gasteiger partial charge in [-0.05, 0) is 61.6 Å². The van der Waals surface area contributed by atoms with Crippen LogP contribution in [0.5, 0.6) is 11.5 Å². The average Bonchev–Trinajstić information content (AvgIpc) is 3.17. The molecule has 0 aliphatic heterocycles. The van der Waals surface area contributed by atoms with E-state index in [1.54, 1.807) is 0 Å². The van der Waals surface area contributed by atoms with Gasteiger partial charge < -0.3 is 14.0 Å². The predicted octanol–water partition coefficient (Wildman–Crippen LogP) is 6.51. The Morgan fingerprint density at radius 3 is 2.47 bits per heavy atom. The minimum absolute atomic E-state index is 0.449. The zero-order valence-electron chi connectivity index (χ0n) is 18.7. The second kappa shape index (κ2) is 10.7. The number of aromatic nitrogens is 2. The summed E-state index contributed by atoms with van der Waals surface area (Å²) in [6.07, 6.45) is 4.70. The lowest BCUT2D eigenvalue weighted by Crippen LogP contribution is -2.09. The lowest BCUT2D eigenvalue weighted by molar-refractivity contribution is 0.283. The van der Waals surface area contributed by atoms with Gasteiger partial charge in [0, 0.05) is 6.54 Å². The van der Waals surface area contributed by atoms with Gasteiger partial charge >= 0.3 is 0 Å². The van der Waals surface area contributed by atoms with Crippen LogP contribution in [0.2, 0.25) is 0 Å². The van der Waals surface area contributed by atoms with Crippen molar-refractivity contribution in [1.82, 2.24) is 9.55 Å². The molecule has 0 spiro atoms. The third-order valence-electron chi connectivity index (χ3n) is 5.55. The molecule has 0 aliphatic carbocycles. The minimum atomic E-state index is 0.449. The summed E-state index contributed by atoms with van der Waals surface area (Å²) in [5.74, 6) is 2.80. The number of fused-ring (bicyclic) bond motifs is 1. The maximum Gasteiger partial charge on any atom is 0.147 e. The average molecular weight is 427 g/mol. The SMILES string of the molecule is C=CCc1ccccc1OCCCCn1c(COc2ccccc2C)nc2ccccc21. The van der Waals surface area contributed by atoms with E-state index in [0.29, 0.717) is 13.2 Å². The number of aryl methyl sites for hydroxylation is 2. The fourth-order valence-electron chi connectivity index (χ4n) is 3.87. The summed E-state index contributed by atoms with van der Waals surface area (Å²) in [5.41, 5.74) is 4.46. The first kappa shape index (κ1) is 21.7. The van der Waals surface area contributed by atoms with Gasteiger partial charge in [-0.1, -0.05) is 54.6 Å². The van der Waals surface area contributed by atoms with Crippen molar-refractivity contribution >= 4 is 11.0 Å². The van der Waals surface area contributed by atoms with Crippen molar-refractivity contribution < 1.29 is 9.47 Å². The van der Waals surface area contributed by atoms with Crippen LogP contribution >= 0.6 is 0 Å². The van der Waals surface area contributed by atoms with Crippen molar-refractivity contribution in [3.8, 4) is 11.5 Å². The summed E-state index contributed by atoms with van der Waals surface area (Å²) in [4.78, 5) is 4.83. The molecule has 4 nitrogen and oxygen atoms in total. The Morgan fingerprint density at radius 2 is 1.62 bits per heavy atom. The van der Waals surface area contributed by atoms with Crippen LogP contribution in [0.25, 0.3) is 11.0 Å². The Morgan fingerprint density at radius 1 is 0.875 bits per heavy atom. The fourth-order valence-corrected chi connectivity index (χ4v) is 3.87. The van der Waals surface area contributed by atoms with Gasteiger partial charge in [0.15, 0.2) is 0 Å². The number of allylic oxidation sites excluding steroid dienone is 1. The van der Waals surface area contributed by atoms with Crippen LogP contribution in [-0.4, -0.2) is 16.2 Å². The van der Waals surface area contributed by atoms with E-state index in [2.05, 4.69) is 48.4 Å². The summed E-state index contributed by atoms with van der Waals surface area (Å²) in [6, 6.07) is 24.5. The number of benzene rings is 3. The van der Waals surface area contributed by atoms with Crippen LogP contribution in [0.4, 0.5) is 0 Å². The first-order valence-electron chi connectivity index (χ1n) is 11.2. The van der Waals surface area contributed by atoms with Crippen molar-refractivity contribution in [3.63, 3.8) is 0 Å². The van der Waals surface area contributed by atoms with E-state index in [1.807, 2.05) is 48.5 Å². The van der Waals surface area contributed by atoms with E-state index in [4.69, 9.17) is 14.5 Å². The standard InChI is InChI=1S/C28H30N2O2/c1-3-12-23-14-5-9-18-27(23)31-20-11-10-19-30-25-16-7-6-15-24(25)29-28(30)21-32-26-17-8-4-13-22(26)2/h3-9,13-18H,1,10-12,19-21H2,2H3. The Kier molecular flexibility index (Phi) is 7.23. The first-order valence-corrected chi connectivity index (χ1v) is 11.2. The van der Waals surface area contributed by atoms with Crippen molar-refractivity contribution in [3.05, 3.63) is 102 Å². The summed E-state index contributed by atoms with van der Waals surface area (Å²) in [6.45, 7) is 7.91. The molecule has 1 aromatic heterocycles. The third kappa shape index (κ3) is 5.20. The van der Waals surface area contributed by atoms with Gasteiger partial charge in [0.1, 0.15) is 23.9 Å². The van der Waals surface area contributed by atoms with Crippen molar-refractivity contribution in [2.75, 3.05) is 6.61 Å². The van der Waals surface area contributed by atoms with Gasteiger partial charge in [0.25, 0.3) is 0 Å². The van der Waals surface area contributed by atoms with Gasteiger partial charge in [0.2, 0.25) is 0 Å². The molecule has 3 aromatic carbocycles. The summed E-state index contributed by atoms with van der Waals surface area (Å²) >= 11 is 0. The van der Waals surface area contributed by atoms with Gasteiger partial charge in [-0.15, -0.1) is 6.58 Å². The molecule has 4 rings (SSSR count). The van der Waals surface area contributed by atoms with Crippen LogP contribution < -0.4 is 9.47 Å². The zero-order chi connectivity index (χ0) is 22.2. The van der Waals surface area contributed by atoms with E-state index in [0.717, 1.165) is 59.7 Å². The molecule has 0 aliphatic rings. The normalized spacial score (nSPS) is 10.9. The highest BCUT2D eigenvalue weighted by Crippen LogP contribution is 2.22. The van der Waals surface area contributed by atoms with Crippen molar-refractivity contribution in [2.24, 2.45) is 0 Å². The Hall–Kier alpha value is -3.53. The largest absolute Gasteiger partial charge is 0.493 e. The molecule has 0 bridgehead atoms. The number of unbranched alkanes of at least 4 members (excludes halogenated alkanes) is 1. The molecule has 0 saturated carbocycles. The van der Waals surface area contributed by atoms with Gasteiger partial charge in [0.05, 0.1) is 17.6 Å². The number of hydrogen-bond donors (Lipinski definition) is 0. The molecule has 0 unspecified atom stereocenters. The van der Waals surface area contributed by atoms with Gasteiger partial charge in [-0.25, -0.2) is 4.98 Å². The van der Waals surface area contributed by atoms with E-state index < -0.39 is 0 Å². The molecule has 0 radical (unpaired) electrons. The quantitative estimate of drug-likeness (QED) is 0.203. The lowest BCUT2D eigenvalue weighted by atomic mass is 10.1. The molecule has 0 fully saturated rings. The number of para-hydroxylation sites is 4. The molecule has 0 N–H and O–H groups in total. The number of hydrogen-bond acceptors (Lipinski definition) is 3. The van der Waals surface area contributed by atoms with Crippen LogP contribution in [0.3, 0.4) is 0 Å². The monoisotopic (exact) mass is 426 g/mol. The second-order valence-electron chi connectivity index (χ2n) is 7.88. The maximum atomic E-state index is 6.10. The highest BCUT2D eigenvalue weighted by atomic mass is 16.5. The summed E-state index contributed by atoms with van der Waals surface area (Å²) < 4.78 is 14.4. The molecule has 0 saturated heterocycles. The third-order valence-corrected chi connectivity index (χ3v) is 5.55. The molecular weight excluding hydrogens is 396 g/mol. The molecule has 32 heavy (non-hydrogen) atoms.